The first-order chi connectivity index (χ1) is 11.1. The molecule has 122 valence electrons. The van der Waals surface area contributed by atoms with Crippen LogP contribution in [0.1, 0.15) is 30.6 Å². The first-order valence-electron chi connectivity index (χ1n) is 7.11. The van der Waals surface area contributed by atoms with Gasteiger partial charge in [0.15, 0.2) is 0 Å². The summed E-state index contributed by atoms with van der Waals surface area (Å²) in [6.45, 7) is 4.50. The highest BCUT2D eigenvalue weighted by Crippen LogP contribution is 2.21. The van der Waals surface area contributed by atoms with E-state index >= 15 is 0 Å². The van der Waals surface area contributed by atoms with Crippen molar-refractivity contribution in [3.8, 4) is 17.8 Å². The molecule has 7 nitrogen and oxygen atoms in total. The van der Waals surface area contributed by atoms with Gasteiger partial charge in [-0.1, -0.05) is 6.92 Å². The lowest BCUT2D eigenvalue weighted by Gasteiger charge is -2.07. The molecule has 0 N–H and O–H groups in total. The zero-order chi connectivity index (χ0) is 16.7. The average Bonchev–Trinajstić information content (AvgIpc) is 2.53. The molecule has 1 heterocycles. The molecule has 0 aliphatic rings. The van der Waals surface area contributed by atoms with Crippen molar-refractivity contribution in [2.24, 2.45) is 0 Å². The average molecular weight is 338 g/mol. The summed E-state index contributed by atoms with van der Waals surface area (Å²) in [5, 5.41) is -0.0238. The summed E-state index contributed by atoms with van der Waals surface area (Å²) in [5.74, 6) is 0.0549. The van der Waals surface area contributed by atoms with E-state index in [2.05, 4.69) is 15.0 Å². The number of hydrogen-bond acceptors (Lipinski definition) is 7. The monoisotopic (exact) mass is 337 g/mol. The van der Waals surface area contributed by atoms with Crippen LogP contribution < -0.4 is 9.47 Å². The molecule has 8 heteroatoms. The van der Waals surface area contributed by atoms with Crippen molar-refractivity contribution in [1.29, 1.82) is 0 Å². The Labute approximate surface area is 138 Å². The summed E-state index contributed by atoms with van der Waals surface area (Å²) in [7, 11) is 0. The van der Waals surface area contributed by atoms with Crippen molar-refractivity contribution in [3.05, 3.63) is 35.1 Å². The number of halogens is 1. The second-order valence-electron chi connectivity index (χ2n) is 4.36. The topological polar surface area (TPSA) is 83.4 Å². The second kappa shape index (κ2) is 8.28. The number of rotatable bonds is 7. The summed E-state index contributed by atoms with van der Waals surface area (Å²) in [4.78, 5) is 23.3. The molecule has 0 fully saturated rings. The summed E-state index contributed by atoms with van der Waals surface area (Å²) >= 11 is 5.81. The van der Waals surface area contributed by atoms with Gasteiger partial charge in [-0.05, 0) is 49.2 Å². The van der Waals surface area contributed by atoms with Gasteiger partial charge in [-0.2, -0.15) is 9.97 Å². The molecule has 0 aliphatic heterocycles. The number of carbonyl (C=O) groups excluding carboxylic acids is 1. The molecule has 0 aliphatic carbocycles. The number of benzene rings is 1. The van der Waals surface area contributed by atoms with Gasteiger partial charge in [0.2, 0.25) is 5.28 Å². The van der Waals surface area contributed by atoms with Crippen molar-refractivity contribution in [2.45, 2.75) is 20.3 Å². The Morgan fingerprint density at radius 2 is 1.78 bits per heavy atom. The molecule has 2 aromatic rings. The number of hydrogen-bond donors (Lipinski definition) is 0. The largest absolute Gasteiger partial charge is 0.463 e. The molecule has 0 amide bonds. The van der Waals surface area contributed by atoms with E-state index in [4.69, 9.17) is 25.8 Å². The van der Waals surface area contributed by atoms with Crippen LogP contribution in [-0.4, -0.2) is 34.1 Å². The van der Waals surface area contributed by atoms with Gasteiger partial charge in [0.05, 0.1) is 18.8 Å². The summed E-state index contributed by atoms with van der Waals surface area (Å²) in [6, 6.07) is 6.51. The smallest absolute Gasteiger partial charge is 0.338 e. The Balaban J connectivity index is 2.09. The maximum atomic E-state index is 11.6. The molecule has 0 saturated carbocycles. The van der Waals surface area contributed by atoms with Crippen LogP contribution in [-0.2, 0) is 4.74 Å². The number of nitrogens with zero attached hydrogens (tertiary/aromatic N) is 3. The molecular formula is C15H16ClN3O4. The highest BCUT2D eigenvalue weighted by Gasteiger charge is 2.10. The maximum absolute atomic E-state index is 11.6. The van der Waals surface area contributed by atoms with Crippen LogP contribution in [0.2, 0.25) is 5.28 Å². The number of carbonyl (C=O) groups is 1. The molecule has 0 bridgehead atoms. The highest BCUT2D eigenvalue weighted by molar-refractivity contribution is 6.28. The normalized spacial score (nSPS) is 10.2. The SMILES string of the molecule is CCCOc1nc(Cl)nc(Oc2ccc(C(=O)OCC)cc2)n1. The highest BCUT2D eigenvalue weighted by atomic mass is 35.5. The Morgan fingerprint density at radius 3 is 2.43 bits per heavy atom. The first-order valence-corrected chi connectivity index (χ1v) is 7.49. The fourth-order valence-electron chi connectivity index (χ4n) is 1.60. The molecule has 0 atom stereocenters. The fourth-order valence-corrected chi connectivity index (χ4v) is 1.74. The summed E-state index contributed by atoms with van der Waals surface area (Å²) in [5.41, 5.74) is 0.430. The van der Waals surface area contributed by atoms with Crippen molar-refractivity contribution < 1.29 is 19.0 Å². The maximum Gasteiger partial charge on any atom is 0.338 e. The van der Waals surface area contributed by atoms with E-state index in [0.717, 1.165) is 6.42 Å². The van der Waals surface area contributed by atoms with E-state index in [1.54, 1.807) is 31.2 Å². The van der Waals surface area contributed by atoms with Crippen molar-refractivity contribution in [1.82, 2.24) is 15.0 Å². The molecule has 0 spiro atoms. The zero-order valence-corrected chi connectivity index (χ0v) is 13.5. The van der Waals surface area contributed by atoms with Crippen molar-refractivity contribution in [3.63, 3.8) is 0 Å². The first kappa shape index (κ1) is 17.0. The minimum absolute atomic E-state index is 0.0139. The van der Waals surface area contributed by atoms with Crippen LogP contribution in [0.5, 0.6) is 17.8 Å². The van der Waals surface area contributed by atoms with Crippen molar-refractivity contribution >= 4 is 17.6 Å². The van der Waals surface area contributed by atoms with Crippen LogP contribution >= 0.6 is 11.6 Å². The summed E-state index contributed by atoms with van der Waals surface area (Å²) < 4.78 is 15.7. The zero-order valence-electron chi connectivity index (χ0n) is 12.8. The lowest BCUT2D eigenvalue weighted by molar-refractivity contribution is 0.0526. The quantitative estimate of drug-likeness (QED) is 0.717. The van der Waals surface area contributed by atoms with Gasteiger partial charge < -0.3 is 14.2 Å². The molecule has 0 saturated heterocycles. The van der Waals surface area contributed by atoms with Gasteiger partial charge >= 0.3 is 18.0 Å². The predicted molar refractivity (Wildman–Crippen MR) is 83.1 cm³/mol. The minimum atomic E-state index is -0.391. The lowest BCUT2D eigenvalue weighted by atomic mass is 10.2. The second-order valence-corrected chi connectivity index (χ2v) is 4.70. The molecule has 2 rings (SSSR count). The Morgan fingerprint density at radius 1 is 1.09 bits per heavy atom. The molecule has 23 heavy (non-hydrogen) atoms. The summed E-state index contributed by atoms with van der Waals surface area (Å²) in [6.07, 6.45) is 0.814. The lowest BCUT2D eigenvalue weighted by Crippen LogP contribution is -2.04. The van der Waals surface area contributed by atoms with E-state index in [1.807, 2.05) is 6.92 Å². The van der Waals surface area contributed by atoms with Gasteiger partial charge in [0.25, 0.3) is 0 Å². The van der Waals surface area contributed by atoms with Crippen LogP contribution in [0.4, 0.5) is 0 Å². The molecule has 0 unspecified atom stereocenters. The predicted octanol–water partition coefficient (Wildman–Crippen LogP) is 3.28. The van der Waals surface area contributed by atoms with Crippen LogP contribution in [0.15, 0.2) is 24.3 Å². The van der Waals surface area contributed by atoms with E-state index in [-0.39, 0.29) is 17.3 Å². The minimum Gasteiger partial charge on any atom is -0.463 e. The van der Waals surface area contributed by atoms with Gasteiger partial charge in [-0.3, -0.25) is 0 Å². The number of ether oxygens (including phenoxy) is 3. The van der Waals surface area contributed by atoms with Gasteiger partial charge in [0.1, 0.15) is 5.75 Å². The molecular weight excluding hydrogens is 322 g/mol. The third-order valence-electron chi connectivity index (χ3n) is 2.58. The van der Waals surface area contributed by atoms with E-state index in [1.165, 1.54) is 0 Å². The third-order valence-corrected chi connectivity index (χ3v) is 2.75. The Hall–Kier alpha value is -2.41. The Bertz CT molecular complexity index is 664. The van der Waals surface area contributed by atoms with E-state index in [0.29, 0.717) is 24.5 Å². The third kappa shape index (κ3) is 5.07. The van der Waals surface area contributed by atoms with Gasteiger partial charge in [0, 0.05) is 0 Å². The van der Waals surface area contributed by atoms with Gasteiger partial charge in [-0.15, -0.1) is 4.98 Å². The van der Waals surface area contributed by atoms with Crippen molar-refractivity contribution in [2.75, 3.05) is 13.2 Å². The number of esters is 1. The van der Waals surface area contributed by atoms with Crippen LogP contribution in [0, 0.1) is 0 Å². The molecule has 1 aromatic carbocycles. The van der Waals surface area contributed by atoms with E-state index < -0.39 is 5.97 Å². The van der Waals surface area contributed by atoms with Crippen LogP contribution in [0.25, 0.3) is 0 Å². The molecule has 1 aromatic heterocycles. The fraction of sp³-hybridized carbons (Fsp3) is 0.333. The Kier molecular flexibility index (Phi) is 6.10. The molecule has 0 radical (unpaired) electrons. The van der Waals surface area contributed by atoms with Crippen LogP contribution in [0.3, 0.4) is 0 Å². The number of aromatic nitrogens is 3. The standard InChI is InChI=1S/C15H16ClN3O4/c1-3-9-22-14-17-13(16)18-15(19-14)23-11-7-5-10(6-8-11)12(20)21-4-2/h5-8H,3-4,9H2,1-2H3. The van der Waals surface area contributed by atoms with E-state index in [9.17, 15) is 4.79 Å². The van der Waals surface area contributed by atoms with Gasteiger partial charge in [-0.25, -0.2) is 4.79 Å².